The summed E-state index contributed by atoms with van der Waals surface area (Å²) in [5.74, 6) is 0. The fraction of sp³-hybridized carbons (Fsp3) is 0. The monoisotopic (exact) mass is 675 g/mol. The van der Waals surface area contributed by atoms with E-state index in [4.69, 9.17) is 0 Å². The van der Waals surface area contributed by atoms with Gasteiger partial charge in [0.15, 0.2) is 0 Å². The minimum absolute atomic E-state index is 1.10. The van der Waals surface area contributed by atoms with Crippen LogP contribution < -0.4 is 4.90 Å². The quantitative estimate of drug-likeness (QED) is 0.155. The predicted molar refractivity (Wildman–Crippen MR) is 226 cm³/mol. The Morgan fingerprint density at radius 1 is 0.245 bits per heavy atom. The van der Waals surface area contributed by atoms with E-state index in [2.05, 4.69) is 229 Å². The van der Waals surface area contributed by atoms with Crippen LogP contribution in [0.25, 0.3) is 66.4 Å². The first-order valence-corrected chi connectivity index (χ1v) is 18.2. The Morgan fingerprint density at radius 2 is 0.774 bits per heavy atom. The first-order chi connectivity index (χ1) is 26.3. The second-order valence-electron chi connectivity index (χ2n) is 13.3. The molecule has 1 nitrogen and oxygen atoms in total. The molecular weight excluding hydrogens is 639 g/mol. The van der Waals surface area contributed by atoms with Crippen LogP contribution in [0.15, 0.2) is 224 Å². The maximum atomic E-state index is 2.40. The van der Waals surface area contributed by atoms with Crippen molar-refractivity contribution in [2.45, 2.75) is 0 Å². The van der Waals surface area contributed by atoms with Gasteiger partial charge in [0.1, 0.15) is 0 Å². The van der Waals surface area contributed by atoms with Crippen molar-refractivity contribution < 1.29 is 0 Å². The van der Waals surface area contributed by atoms with Gasteiger partial charge in [0, 0.05) is 16.9 Å². The van der Waals surface area contributed by atoms with Crippen LogP contribution in [-0.2, 0) is 0 Å². The summed E-state index contributed by atoms with van der Waals surface area (Å²) in [4.78, 5) is 2.40. The third-order valence-corrected chi connectivity index (χ3v) is 10.1. The van der Waals surface area contributed by atoms with Gasteiger partial charge in [0.05, 0.1) is 5.69 Å². The molecule has 0 aliphatic carbocycles. The summed E-state index contributed by atoms with van der Waals surface area (Å²) in [6.45, 7) is 0. The minimum atomic E-state index is 1.10. The van der Waals surface area contributed by atoms with Gasteiger partial charge in [0.25, 0.3) is 0 Å². The average molecular weight is 676 g/mol. The van der Waals surface area contributed by atoms with E-state index >= 15 is 0 Å². The van der Waals surface area contributed by atoms with E-state index < -0.39 is 0 Å². The maximum absolute atomic E-state index is 2.40. The second kappa shape index (κ2) is 14.3. The molecule has 53 heavy (non-hydrogen) atoms. The number of anilines is 3. The third kappa shape index (κ3) is 6.30. The molecule has 0 N–H and O–H groups in total. The summed E-state index contributed by atoms with van der Waals surface area (Å²) in [5, 5.41) is 2.49. The van der Waals surface area contributed by atoms with Crippen LogP contribution in [0.2, 0.25) is 0 Å². The van der Waals surface area contributed by atoms with Crippen molar-refractivity contribution in [3.63, 3.8) is 0 Å². The van der Waals surface area contributed by atoms with Crippen LogP contribution in [0, 0.1) is 0 Å². The summed E-state index contributed by atoms with van der Waals surface area (Å²) in [6, 6.07) is 80.9. The highest BCUT2D eigenvalue weighted by atomic mass is 15.1. The van der Waals surface area contributed by atoms with Gasteiger partial charge in [-0.15, -0.1) is 0 Å². The second-order valence-corrected chi connectivity index (χ2v) is 13.3. The number of para-hydroxylation sites is 2. The van der Waals surface area contributed by atoms with E-state index in [-0.39, 0.29) is 0 Å². The smallest absolute Gasteiger partial charge is 0.0540 e. The van der Waals surface area contributed by atoms with Crippen LogP contribution in [0.4, 0.5) is 17.1 Å². The number of nitrogens with zero attached hydrogens (tertiary/aromatic N) is 1. The summed E-state index contributed by atoms with van der Waals surface area (Å²) >= 11 is 0. The van der Waals surface area contributed by atoms with Crippen LogP contribution in [-0.4, -0.2) is 0 Å². The lowest BCUT2D eigenvalue weighted by Crippen LogP contribution is -2.11. The fourth-order valence-electron chi connectivity index (χ4n) is 7.59. The van der Waals surface area contributed by atoms with E-state index in [9.17, 15) is 0 Å². The standard InChI is InChI=1S/C52H37N/c1-4-18-38(19-5-1)41-34-35-49(51(37-41)48-30-13-12-29-46(48)39-20-6-2-7-21-39)50-31-14-15-33-52(50)53(43-25-8-3-9-26-43)44-27-16-24-42(36-44)47-32-17-23-40-22-10-11-28-45(40)47/h1-37H. The van der Waals surface area contributed by atoms with Gasteiger partial charge in [-0.05, 0) is 97.2 Å². The van der Waals surface area contributed by atoms with E-state index in [0.29, 0.717) is 0 Å². The van der Waals surface area contributed by atoms with Crippen LogP contribution in [0.1, 0.15) is 0 Å². The van der Waals surface area contributed by atoms with Crippen molar-refractivity contribution in [2.75, 3.05) is 4.90 Å². The highest BCUT2D eigenvalue weighted by Crippen LogP contribution is 2.46. The molecule has 0 saturated heterocycles. The molecule has 0 aliphatic rings. The highest BCUT2D eigenvalue weighted by Gasteiger charge is 2.21. The molecule has 0 aliphatic heterocycles. The van der Waals surface area contributed by atoms with Gasteiger partial charge in [-0.25, -0.2) is 0 Å². The van der Waals surface area contributed by atoms with Crippen LogP contribution >= 0.6 is 0 Å². The van der Waals surface area contributed by atoms with E-state index in [1.54, 1.807) is 0 Å². The molecule has 0 saturated carbocycles. The van der Waals surface area contributed by atoms with Crippen molar-refractivity contribution in [3.05, 3.63) is 224 Å². The van der Waals surface area contributed by atoms with Crippen molar-refractivity contribution in [2.24, 2.45) is 0 Å². The van der Waals surface area contributed by atoms with E-state index in [0.717, 1.165) is 22.6 Å². The average Bonchev–Trinajstić information content (AvgIpc) is 3.25. The number of rotatable bonds is 8. The largest absolute Gasteiger partial charge is 0.310 e. The van der Waals surface area contributed by atoms with E-state index in [1.165, 1.54) is 60.8 Å². The zero-order valence-corrected chi connectivity index (χ0v) is 29.3. The number of hydrogen-bond acceptors (Lipinski definition) is 1. The Bertz CT molecular complexity index is 2660. The lowest BCUT2D eigenvalue weighted by Gasteiger charge is -2.29. The molecule has 0 aromatic heterocycles. The zero-order chi connectivity index (χ0) is 35.4. The molecule has 1 heteroatoms. The Kier molecular flexibility index (Phi) is 8.66. The normalized spacial score (nSPS) is 11.0. The topological polar surface area (TPSA) is 3.24 Å². The van der Waals surface area contributed by atoms with Gasteiger partial charge >= 0.3 is 0 Å². The molecule has 0 spiro atoms. The number of fused-ring (bicyclic) bond motifs is 1. The molecule has 9 aromatic carbocycles. The summed E-state index contributed by atoms with van der Waals surface area (Å²) < 4.78 is 0. The predicted octanol–water partition coefficient (Wildman–Crippen LogP) is 14.6. The Balaban J connectivity index is 1.27. The molecule has 250 valence electrons. The number of benzene rings is 9. The minimum Gasteiger partial charge on any atom is -0.310 e. The first kappa shape index (κ1) is 32.0. The van der Waals surface area contributed by atoms with Crippen LogP contribution in [0.5, 0.6) is 0 Å². The van der Waals surface area contributed by atoms with E-state index in [1.807, 2.05) is 0 Å². The number of hydrogen-bond donors (Lipinski definition) is 0. The Morgan fingerprint density at radius 3 is 1.57 bits per heavy atom. The summed E-state index contributed by atoms with van der Waals surface area (Å²) in [5.41, 5.74) is 15.2. The van der Waals surface area contributed by atoms with Crippen molar-refractivity contribution in [3.8, 4) is 55.6 Å². The van der Waals surface area contributed by atoms with Crippen LogP contribution in [0.3, 0.4) is 0 Å². The molecule has 0 bridgehead atoms. The van der Waals surface area contributed by atoms with Gasteiger partial charge in [0.2, 0.25) is 0 Å². The van der Waals surface area contributed by atoms with Crippen molar-refractivity contribution >= 4 is 27.8 Å². The fourth-order valence-corrected chi connectivity index (χ4v) is 7.59. The van der Waals surface area contributed by atoms with Gasteiger partial charge in [-0.1, -0.05) is 188 Å². The first-order valence-electron chi connectivity index (χ1n) is 18.2. The van der Waals surface area contributed by atoms with Gasteiger partial charge in [-0.3, -0.25) is 0 Å². The maximum Gasteiger partial charge on any atom is 0.0540 e. The molecule has 0 radical (unpaired) electrons. The third-order valence-electron chi connectivity index (χ3n) is 10.1. The molecule has 0 amide bonds. The molecule has 0 heterocycles. The van der Waals surface area contributed by atoms with Gasteiger partial charge in [-0.2, -0.15) is 0 Å². The van der Waals surface area contributed by atoms with Crippen molar-refractivity contribution in [1.82, 2.24) is 0 Å². The molecular formula is C52H37N. The summed E-state index contributed by atoms with van der Waals surface area (Å²) in [7, 11) is 0. The molecule has 0 unspecified atom stereocenters. The lowest BCUT2D eigenvalue weighted by atomic mass is 9.86. The Hall–Kier alpha value is -6.96. The van der Waals surface area contributed by atoms with Crippen molar-refractivity contribution in [1.29, 1.82) is 0 Å². The van der Waals surface area contributed by atoms with Gasteiger partial charge < -0.3 is 4.90 Å². The highest BCUT2D eigenvalue weighted by molar-refractivity contribution is 6.00. The Labute approximate surface area is 311 Å². The SMILES string of the molecule is c1ccc(-c2ccc(-c3ccccc3N(c3ccccc3)c3cccc(-c4cccc5ccccc45)c3)c(-c3ccccc3-c3ccccc3)c2)cc1. The zero-order valence-electron chi connectivity index (χ0n) is 29.3. The molecule has 0 atom stereocenters. The molecule has 9 rings (SSSR count). The molecule has 0 fully saturated rings. The summed E-state index contributed by atoms with van der Waals surface area (Å²) in [6.07, 6.45) is 0. The lowest BCUT2D eigenvalue weighted by molar-refractivity contribution is 1.28. The molecule has 9 aromatic rings.